The molecule has 1 atom stereocenters. The first-order chi connectivity index (χ1) is 10.3. The number of aliphatic hydroxyl groups is 1. The predicted octanol–water partition coefficient (Wildman–Crippen LogP) is 2.40. The highest BCUT2D eigenvalue weighted by atomic mass is 16.5. The maximum atomic E-state index is 11.3. The standard InChI is InChI=1S/C13H25NO2.C4H6O2/c1-4-6-7-9-14-11-13(3,16)10-12(15)8-5-2;1-3-4(5)6-2/h5,8,14,16H,4,6-7,9-11H2,1-3H3;3H,1H2,2H3. The van der Waals surface area contributed by atoms with Gasteiger partial charge in [0.05, 0.1) is 12.7 Å². The third-order valence-electron chi connectivity index (χ3n) is 2.74. The first-order valence-electron chi connectivity index (χ1n) is 7.62. The van der Waals surface area contributed by atoms with Crippen LogP contribution in [0.4, 0.5) is 0 Å². The van der Waals surface area contributed by atoms with E-state index in [2.05, 4.69) is 23.6 Å². The molecule has 0 aliphatic carbocycles. The van der Waals surface area contributed by atoms with Crippen LogP contribution in [0.2, 0.25) is 0 Å². The third kappa shape index (κ3) is 16.6. The van der Waals surface area contributed by atoms with Crippen molar-refractivity contribution in [2.45, 2.75) is 52.1 Å². The summed E-state index contributed by atoms with van der Waals surface area (Å²) in [7, 11) is 1.31. The normalized spacial score (nSPS) is 13.0. The number of unbranched alkanes of at least 4 members (excludes halogenated alkanes) is 2. The Labute approximate surface area is 134 Å². The molecule has 0 bridgehead atoms. The van der Waals surface area contributed by atoms with Gasteiger partial charge >= 0.3 is 5.97 Å². The zero-order valence-corrected chi connectivity index (χ0v) is 14.4. The van der Waals surface area contributed by atoms with Gasteiger partial charge in [0.2, 0.25) is 0 Å². The van der Waals surface area contributed by atoms with E-state index in [4.69, 9.17) is 0 Å². The SMILES string of the molecule is C=CC(=O)OC.CC=CC(=O)CC(C)(O)CNCCCCC. The van der Waals surface area contributed by atoms with Gasteiger partial charge in [-0.2, -0.15) is 0 Å². The average Bonchev–Trinajstić information content (AvgIpc) is 2.46. The second kappa shape index (κ2) is 14.5. The van der Waals surface area contributed by atoms with Crippen LogP contribution in [0.25, 0.3) is 0 Å². The molecule has 0 saturated carbocycles. The monoisotopic (exact) mass is 313 g/mol. The lowest BCUT2D eigenvalue weighted by Crippen LogP contribution is -2.39. The van der Waals surface area contributed by atoms with Crippen molar-refractivity contribution in [3.05, 3.63) is 24.8 Å². The molecule has 0 radical (unpaired) electrons. The molecule has 0 aromatic heterocycles. The van der Waals surface area contributed by atoms with Crippen LogP contribution >= 0.6 is 0 Å². The number of esters is 1. The van der Waals surface area contributed by atoms with E-state index in [1.54, 1.807) is 19.9 Å². The fraction of sp³-hybridized carbons (Fsp3) is 0.647. The number of carbonyl (C=O) groups is 2. The van der Waals surface area contributed by atoms with Crippen molar-refractivity contribution in [3.63, 3.8) is 0 Å². The van der Waals surface area contributed by atoms with Crippen LogP contribution in [0, 0.1) is 0 Å². The van der Waals surface area contributed by atoms with E-state index in [1.807, 2.05) is 0 Å². The van der Waals surface area contributed by atoms with E-state index in [-0.39, 0.29) is 12.2 Å². The topological polar surface area (TPSA) is 75.6 Å². The largest absolute Gasteiger partial charge is 0.466 e. The number of nitrogens with one attached hydrogen (secondary N) is 1. The summed E-state index contributed by atoms with van der Waals surface area (Å²) in [6.07, 6.45) is 8.01. The summed E-state index contributed by atoms with van der Waals surface area (Å²) in [5.41, 5.74) is -0.942. The van der Waals surface area contributed by atoms with Crippen LogP contribution in [-0.2, 0) is 14.3 Å². The summed E-state index contributed by atoms with van der Waals surface area (Å²) in [5, 5.41) is 13.1. The lowest BCUT2D eigenvalue weighted by molar-refractivity contribution is -0.134. The minimum atomic E-state index is -0.942. The van der Waals surface area contributed by atoms with Crippen molar-refractivity contribution in [2.75, 3.05) is 20.2 Å². The smallest absolute Gasteiger partial charge is 0.329 e. The summed E-state index contributed by atoms with van der Waals surface area (Å²) in [4.78, 5) is 21.2. The Hall–Kier alpha value is -1.46. The van der Waals surface area contributed by atoms with E-state index in [1.165, 1.54) is 26.0 Å². The van der Waals surface area contributed by atoms with Gasteiger partial charge in [0.15, 0.2) is 5.78 Å². The molecule has 5 heteroatoms. The van der Waals surface area contributed by atoms with Gasteiger partial charge in [-0.1, -0.05) is 32.4 Å². The van der Waals surface area contributed by atoms with Crippen LogP contribution in [-0.4, -0.2) is 42.7 Å². The summed E-state index contributed by atoms with van der Waals surface area (Å²) < 4.78 is 4.14. The third-order valence-corrected chi connectivity index (χ3v) is 2.74. The van der Waals surface area contributed by atoms with E-state index < -0.39 is 11.6 Å². The highest BCUT2D eigenvalue weighted by Gasteiger charge is 2.22. The number of ketones is 1. The molecule has 0 aliphatic rings. The van der Waals surface area contributed by atoms with Gasteiger partial charge < -0.3 is 15.2 Å². The van der Waals surface area contributed by atoms with Crippen molar-refractivity contribution in [1.82, 2.24) is 5.32 Å². The van der Waals surface area contributed by atoms with Crippen LogP contribution < -0.4 is 5.32 Å². The summed E-state index contributed by atoms with van der Waals surface area (Å²) >= 11 is 0. The molecule has 1 unspecified atom stereocenters. The van der Waals surface area contributed by atoms with E-state index in [9.17, 15) is 14.7 Å². The van der Waals surface area contributed by atoms with Crippen molar-refractivity contribution in [2.24, 2.45) is 0 Å². The Balaban J connectivity index is 0. The first kappa shape index (κ1) is 22.8. The van der Waals surface area contributed by atoms with Crippen molar-refractivity contribution in [3.8, 4) is 0 Å². The Kier molecular flexibility index (Phi) is 15.0. The highest BCUT2D eigenvalue weighted by Crippen LogP contribution is 2.09. The number of rotatable bonds is 10. The number of methoxy groups -OCH3 is 1. The molecule has 0 spiro atoms. The number of hydrogen-bond donors (Lipinski definition) is 2. The van der Waals surface area contributed by atoms with Gasteiger partial charge in [0.25, 0.3) is 0 Å². The minimum absolute atomic E-state index is 0.0251. The fourth-order valence-corrected chi connectivity index (χ4v) is 1.62. The van der Waals surface area contributed by atoms with Gasteiger partial charge in [-0.05, 0) is 32.9 Å². The Morgan fingerprint density at radius 3 is 2.41 bits per heavy atom. The Morgan fingerprint density at radius 1 is 1.36 bits per heavy atom. The van der Waals surface area contributed by atoms with Crippen molar-refractivity contribution < 1.29 is 19.4 Å². The molecule has 128 valence electrons. The summed E-state index contributed by atoms with van der Waals surface area (Å²) in [5.74, 6) is -0.419. The quantitative estimate of drug-likeness (QED) is 0.368. The maximum absolute atomic E-state index is 11.3. The zero-order chi connectivity index (χ0) is 17.4. The van der Waals surface area contributed by atoms with Gasteiger partial charge in [-0.25, -0.2) is 4.79 Å². The van der Waals surface area contributed by atoms with Gasteiger partial charge in [-0.3, -0.25) is 4.79 Å². The molecule has 5 nitrogen and oxygen atoms in total. The number of carbonyl (C=O) groups excluding carboxylic acids is 2. The molecule has 0 aromatic rings. The van der Waals surface area contributed by atoms with Crippen LogP contribution in [0.15, 0.2) is 24.8 Å². The molecular formula is C17H31NO4. The molecule has 0 fully saturated rings. The van der Waals surface area contributed by atoms with Crippen LogP contribution in [0.5, 0.6) is 0 Å². The zero-order valence-electron chi connectivity index (χ0n) is 14.4. The minimum Gasteiger partial charge on any atom is -0.466 e. The number of ether oxygens (including phenoxy) is 1. The molecule has 0 amide bonds. The molecule has 0 aromatic carbocycles. The molecule has 0 rings (SSSR count). The van der Waals surface area contributed by atoms with Gasteiger partial charge in [0, 0.05) is 19.0 Å². The van der Waals surface area contributed by atoms with Gasteiger partial charge in [-0.15, -0.1) is 0 Å². The van der Waals surface area contributed by atoms with Crippen molar-refractivity contribution >= 4 is 11.8 Å². The molecule has 0 aliphatic heterocycles. The average molecular weight is 313 g/mol. The number of allylic oxidation sites excluding steroid dienone is 2. The second-order valence-electron chi connectivity index (χ2n) is 5.25. The lowest BCUT2D eigenvalue weighted by atomic mass is 9.99. The fourth-order valence-electron chi connectivity index (χ4n) is 1.62. The van der Waals surface area contributed by atoms with E-state index >= 15 is 0 Å². The molecule has 0 saturated heterocycles. The van der Waals surface area contributed by atoms with E-state index in [0.717, 1.165) is 19.0 Å². The highest BCUT2D eigenvalue weighted by molar-refractivity contribution is 5.90. The molecule has 22 heavy (non-hydrogen) atoms. The van der Waals surface area contributed by atoms with Gasteiger partial charge in [0.1, 0.15) is 0 Å². The van der Waals surface area contributed by atoms with E-state index in [0.29, 0.717) is 6.54 Å². The van der Waals surface area contributed by atoms with Crippen LogP contribution in [0.1, 0.15) is 46.5 Å². The van der Waals surface area contributed by atoms with Crippen molar-refractivity contribution in [1.29, 1.82) is 0 Å². The summed E-state index contributed by atoms with van der Waals surface area (Å²) in [6, 6.07) is 0. The lowest BCUT2D eigenvalue weighted by Gasteiger charge is -2.22. The maximum Gasteiger partial charge on any atom is 0.329 e. The predicted molar refractivity (Wildman–Crippen MR) is 89.7 cm³/mol. The summed E-state index contributed by atoms with van der Waals surface area (Å²) in [6.45, 7) is 10.2. The Morgan fingerprint density at radius 2 is 2.00 bits per heavy atom. The number of hydrogen-bond acceptors (Lipinski definition) is 5. The Bertz CT molecular complexity index is 349. The second-order valence-corrected chi connectivity index (χ2v) is 5.25. The molecular weight excluding hydrogens is 282 g/mol. The molecule has 0 heterocycles. The molecule has 2 N–H and O–H groups in total. The van der Waals surface area contributed by atoms with Crippen LogP contribution in [0.3, 0.4) is 0 Å². The first-order valence-corrected chi connectivity index (χ1v) is 7.62.